The van der Waals surface area contributed by atoms with E-state index in [4.69, 9.17) is 0 Å². The molecule has 2 aromatic carbocycles. The maximum atomic E-state index is 15.0. The summed E-state index contributed by atoms with van der Waals surface area (Å²) in [6, 6.07) is 13.6. The highest BCUT2D eigenvalue weighted by Gasteiger charge is 2.52. The highest BCUT2D eigenvalue weighted by molar-refractivity contribution is 6.12. The third-order valence-electron chi connectivity index (χ3n) is 4.28. The van der Waals surface area contributed by atoms with Gasteiger partial charge in [0.2, 0.25) is 5.91 Å². The highest BCUT2D eigenvalue weighted by atomic mass is 19.1. The number of rotatable bonds is 3. The number of fused-ring (bicyclic) bond motifs is 1. The number of hydrogen-bond donors (Lipinski definition) is 1. The van der Waals surface area contributed by atoms with Crippen molar-refractivity contribution in [3.8, 4) is 0 Å². The Hall–Kier alpha value is -2.49. The van der Waals surface area contributed by atoms with E-state index in [9.17, 15) is 14.0 Å². The molecular formula is C18H16FNO2. The van der Waals surface area contributed by atoms with Crippen molar-refractivity contribution in [2.24, 2.45) is 0 Å². The van der Waals surface area contributed by atoms with Gasteiger partial charge in [0.15, 0.2) is 12.0 Å². The van der Waals surface area contributed by atoms with Gasteiger partial charge < -0.3 is 5.32 Å². The molecule has 1 N–H and O–H groups in total. The molecule has 0 saturated carbocycles. The molecule has 0 aromatic heterocycles. The van der Waals surface area contributed by atoms with Crippen molar-refractivity contribution in [2.45, 2.75) is 25.4 Å². The van der Waals surface area contributed by atoms with Gasteiger partial charge in [0.25, 0.3) is 0 Å². The van der Waals surface area contributed by atoms with Crippen LogP contribution in [-0.4, -0.2) is 17.9 Å². The monoisotopic (exact) mass is 297 g/mol. The zero-order valence-corrected chi connectivity index (χ0v) is 12.4. The summed E-state index contributed by atoms with van der Waals surface area (Å²) < 4.78 is 15.0. The van der Waals surface area contributed by atoms with E-state index in [1.54, 1.807) is 48.5 Å². The third-order valence-corrected chi connectivity index (χ3v) is 4.28. The van der Waals surface area contributed by atoms with E-state index in [1.807, 2.05) is 6.92 Å². The van der Waals surface area contributed by atoms with Gasteiger partial charge in [0.1, 0.15) is 5.41 Å². The lowest BCUT2D eigenvalue weighted by Crippen LogP contribution is -2.44. The Kier molecular flexibility index (Phi) is 3.32. The van der Waals surface area contributed by atoms with Gasteiger partial charge in [0.05, 0.1) is 0 Å². The summed E-state index contributed by atoms with van der Waals surface area (Å²) in [5, 5.41) is 2.65. The number of alkyl halides is 1. The lowest BCUT2D eigenvalue weighted by molar-refractivity contribution is -0.121. The number of amides is 1. The quantitative estimate of drug-likeness (QED) is 0.882. The first kappa shape index (κ1) is 14.4. The Bertz CT molecular complexity index is 754. The molecule has 3 rings (SSSR count). The van der Waals surface area contributed by atoms with Gasteiger partial charge >= 0.3 is 0 Å². The Balaban J connectivity index is 2.00. The van der Waals surface area contributed by atoms with Crippen LogP contribution in [0.5, 0.6) is 0 Å². The molecule has 112 valence electrons. The van der Waals surface area contributed by atoms with E-state index in [0.717, 1.165) is 5.56 Å². The molecule has 1 heterocycles. The van der Waals surface area contributed by atoms with Crippen LogP contribution in [0.2, 0.25) is 0 Å². The molecule has 1 aliphatic heterocycles. The number of halogens is 1. The first-order chi connectivity index (χ1) is 10.4. The summed E-state index contributed by atoms with van der Waals surface area (Å²) in [5.41, 5.74) is 0.847. The zero-order valence-electron chi connectivity index (χ0n) is 12.4. The smallest absolute Gasteiger partial charge is 0.238 e. The van der Waals surface area contributed by atoms with Gasteiger partial charge in [-0.05, 0) is 25.5 Å². The lowest BCUT2D eigenvalue weighted by Gasteiger charge is -2.25. The van der Waals surface area contributed by atoms with Gasteiger partial charge in [-0.1, -0.05) is 48.0 Å². The highest BCUT2D eigenvalue weighted by Crippen LogP contribution is 2.42. The standard InChI is InChI=1S/C18H16FNO2/c1-11-7-9-12(10-8-11)15(21)16(19)18(2)13-5-3-4-6-14(13)20-17(18)22/h3-10,16H,1-2H3,(H,20,22)/t16-,18-/m0/s1. The van der Waals surface area contributed by atoms with E-state index in [2.05, 4.69) is 5.32 Å². The van der Waals surface area contributed by atoms with Gasteiger partial charge in [-0.2, -0.15) is 0 Å². The van der Waals surface area contributed by atoms with Crippen molar-refractivity contribution in [1.82, 2.24) is 0 Å². The second-order valence-electron chi connectivity index (χ2n) is 5.79. The predicted octanol–water partition coefficient (Wildman–Crippen LogP) is 3.43. The van der Waals surface area contributed by atoms with Crippen molar-refractivity contribution in [2.75, 3.05) is 5.32 Å². The first-order valence-corrected chi connectivity index (χ1v) is 7.10. The van der Waals surface area contributed by atoms with Gasteiger partial charge in [0, 0.05) is 11.3 Å². The number of carbonyl (C=O) groups excluding carboxylic acids is 2. The Morgan fingerprint density at radius 2 is 1.77 bits per heavy atom. The molecule has 4 heteroatoms. The summed E-state index contributed by atoms with van der Waals surface area (Å²) in [5.74, 6) is -1.16. The molecular weight excluding hydrogens is 281 g/mol. The molecule has 1 aliphatic rings. The molecule has 1 amide bonds. The molecule has 0 radical (unpaired) electrons. The van der Waals surface area contributed by atoms with Crippen LogP contribution in [0.1, 0.15) is 28.4 Å². The summed E-state index contributed by atoms with van der Waals surface area (Å²) in [7, 11) is 0. The zero-order chi connectivity index (χ0) is 15.9. The van der Waals surface area contributed by atoms with Crippen LogP contribution in [0.15, 0.2) is 48.5 Å². The number of Topliss-reactive ketones (excluding diaryl/α,β-unsaturated/α-hetero) is 1. The molecule has 2 atom stereocenters. The minimum absolute atomic E-state index is 0.275. The maximum absolute atomic E-state index is 15.0. The number of nitrogens with one attached hydrogen (secondary N) is 1. The van der Waals surface area contributed by atoms with Crippen LogP contribution in [0.25, 0.3) is 0 Å². The molecule has 0 unspecified atom stereocenters. The van der Waals surface area contributed by atoms with E-state index in [0.29, 0.717) is 11.3 Å². The van der Waals surface area contributed by atoms with Crippen molar-refractivity contribution in [1.29, 1.82) is 0 Å². The number of hydrogen-bond acceptors (Lipinski definition) is 2. The molecule has 22 heavy (non-hydrogen) atoms. The minimum atomic E-state index is -1.93. The van der Waals surface area contributed by atoms with Gasteiger partial charge in [-0.3, -0.25) is 9.59 Å². The Morgan fingerprint density at radius 1 is 1.14 bits per heavy atom. The van der Waals surface area contributed by atoms with Crippen LogP contribution in [0.3, 0.4) is 0 Å². The second-order valence-corrected chi connectivity index (χ2v) is 5.79. The maximum Gasteiger partial charge on any atom is 0.238 e. The summed E-state index contributed by atoms with van der Waals surface area (Å²) in [4.78, 5) is 24.7. The molecule has 0 spiro atoms. The van der Waals surface area contributed by atoms with E-state index in [1.165, 1.54) is 6.92 Å². The van der Waals surface area contributed by atoms with Crippen LogP contribution >= 0.6 is 0 Å². The average Bonchev–Trinajstić information content (AvgIpc) is 2.79. The fraction of sp³-hybridized carbons (Fsp3) is 0.222. The normalized spacial score (nSPS) is 21.1. The number of aryl methyl sites for hydroxylation is 1. The van der Waals surface area contributed by atoms with Gasteiger partial charge in [-0.25, -0.2) is 4.39 Å². The minimum Gasteiger partial charge on any atom is -0.325 e. The Labute approximate surface area is 128 Å². The number of anilines is 1. The number of para-hydroxylation sites is 1. The largest absolute Gasteiger partial charge is 0.325 e. The van der Waals surface area contributed by atoms with Crippen LogP contribution in [0, 0.1) is 6.92 Å². The molecule has 0 saturated heterocycles. The first-order valence-electron chi connectivity index (χ1n) is 7.10. The number of carbonyl (C=O) groups is 2. The predicted molar refractivity (Wildman–Crippen MR) is 82.8 cm³/mol. The van der Waals surface area contributed by atoms with Gasteiger partial charge in [-0.15, -0.1) is 0 Å². The van der Waals surface area contributed by atoms with Crippen LogP contribution in [0.4, 0.5) is 10.1 Å². The number of ketones is 1. The van der Waals surface area contributed by atoms with Crippen molar-refractivity contribution in [3.63, 3.8) is 0 Å². The fourth-order valence-electron chi connectivity index (χ4n) is 2.80. The van der Waals surface area contributed by atoms with E-state index < -0.39 is 23.3 Å². The SMILES string of the molecule is Cc1ccc(C(=O)[C@H](F)[C@@]2(C)C(=O)Nc3ccccc32)cc1. The fourth-order valence-corrected chi connectivity index (χ4v) is 2.80. The van der Waals surface area contributed by atoms with E-state index >= 15 is 0 Å². The van der Waals surface area contributed by atoms with Crippen LogP contribution in [-0.2, 0) is 10.2 Å². The summed E-state index contributed by atoms with van der Waals surface area (Å²) >= 11 is 0. The lowest BCUT2D eigenvalue weighted by atomic mass is 9.76. The van der Waals surface area contributed by atoms with E-state index in [-0.39, 0.29) is 5.56 Å². The topological polar surface area (TPSA) is 46.2 Å². The molecule has 0 aliphatic carbocycles. The third kappa shape index (κ3) is 2.03. The molecule has 0 fully saturated rings. The molecule has 3 nitrogen and oxygen atoms in total. The molecule has 2 aromatic rings. The van der Waals surface area contributed by atoms with Crippen molar-refractivity contribution >= 4 is 17.4 Å². The number of benzene rings is 2. The van der Waals surface area contributed by atoms with Crippen molar-refractivity contribution < 1.29 is 14.0 Å². The summed E-state index contributed by atoms with van der Waals surface area (Å²) in [6.07, 6.45) is -1.93. The van der Waals surface area contributed by atoms with Crippen molar-refractivity contribution in [3.05, 3.63) is 65.2 Å². The van der Waals surface area contributed by atoms with Crippen LogP contribution < -0.4 is 5.32 Å². The molecule has 0 bridgehead atoms. The second kappa shape index (κ2) is 5.05. The summed E-state index contributed by atoms with van der Waals surface area (Å²) in [6.45, 7) is 3.37. The Morgan fingerprint density at radius 3 is 2.45 bits per heavy atom. The average molecular weight is 297 g/mol.